The molecule has 0 saturated heterocycles. The molecule has 0 bridgehead atoms. The highest BCUT2D eigenvalue weighted by Gasteiger charge is 2.17. The molecular weight excluding hydrogens is 286 g/mol. The molecule has 0 amide bonds. The molecule has 0 spiro atoms. The quantitative estimate of drug-likeness (QED) is 0.770. The Balaban J connectivity index is 2.52. The van der Waals surface area contributed by atoms with E-state index in [4.69, 9.17) is 5.11 Å². The third kappa shape index (κ3) is 4.05. The van der Waals surface area contributed by atoms with Crippen molar-refractivity contribution < 1.29 is 10.2 Å². The summed E-state index contributed by atoms with van der Waals surface area (Å²) in [4.78, 5) is 2.27. The monoisotopic (exact) mass is 313 g/mol. The Bertz CT molecular complexity index is 656. The van der Waals surface area contributed by atoms with Crippen LogP contribution in [0.25, 0.3) is 0 Å². The first-order chi connectivity index (χ1) is 10.9. The fraction of sp³-hybridized carbons (Fsp3) is 0.400. The van der Waals surface area contributed by atoms with Gasteiger partial charge in [-0.3, -0.25) is 0 Å². The van der Waals surface area contributed by atoms with E-state index in [1.165, 1.54) is 22.4 Å². The number of phenols is 1. The lowest BCUT2D eigenvalue weighted by Gasteiger charge is -2.30. The van der Waals surface area contributed by atoms with Gasteiger partial charge in [-0.05, 0) is 63.3 Å². The number of hydrogen-bond acceptors (Lipinski definition) is 3. The lowest BCUT2D eigenvalue weighted by Crippen LogP contribution is -2.21. The van der Waals surface area contributed by atoms with Crippen LogP contribution in [0.15, 0.2) is 30.3 Å². The SMILES string of the molecule is Cc1cc(C)c(N(CCCCO)c2cc(O)ccc2C)c(C)c1. The molecule has 124 valence electrons. The van der Waals surface area contributed by atoms with Crippen molar-refractivity contribution in [2.45, 2.75) is 40.5 Å². The van der Waals surface area contributed by atoms with Crippen LogP contribution < -0.4 is 4.90 Å². The summed E-state index contributed by atoms with van der Waals surface area (Å²) >= 11 is 0. The van der Waals surface area contributed by atoms with Gasteiger partial charge in [0, 0.05) is 30.6 Å². The second kappa shape index (κ2) is 7.51. The second-order valence-electron chi connectivity index (χ2n) is 6.30. The molecule has 0 aliphatic heterocycles. The van der Waals surface area contributed by atoms with Crippen molar-refractivity contribution in [2.24, 2.45) is 0 Å². The normalized spacial score (nSPS) is 10.8. The van der Waals surface area contributed by atoms with Crippen LogP contribution in [0, 0.1) is 27.7 Å². The van der Waals surface area contributed by atoms with Crippen molar-refractivity contribution in [2.75, 3.05) is 18.1 Å². The number of rotatable bonds is 6. The Morgan fingerprint density at radius 3 is 2.13 bits per heavy atom. The number of phenolic OH excluding ortho intramolecular Hbond substituents is 1. The molecule has 0 unspecified atom stereocenters. The van der Waals surface area contributed by atoms with E-state index in [0.717, 1.165) is 30.6 Å². The van der Waals surface area contributed by atoms with Crippen LogP contribution >= 0.6 is 0 Å². The molecule has 23 heavy (non-hydrogen) atoms. The van der Waals surface area contributed by atoms with E-state index in [0.29, 0.717) is 0 Å². The molecule has 0 fully saturated rings. The first-order valence-corrected chi connectivity index (χ1v) is 8.20. The van der Waals surface area contributed by atoms with Crippen LogP contribution in [0.3, 0.4) is 0 Å². The Labute approximate surface area is 139 Å². The number of hydrogen-bond donors (Lipinski definition) is 2. The van der Waals surface area contributed by atoms with E-state index in [1.807, 2.05) is 12.1 Å². The maximum absolute atomic E-state index is 9.92. The van der Waals surface area contributed by atoms with E-state index in [-0.39, 0.29) is 12.4 Å². The van der Waals surface area contributed by atoms with Gasteiger partial charge >= 0.3 is 0 Å². The minimum Gasteiger partial charge on any atom is -0.508 e. The van der Waals surface area contributed by atoms with Crippen LogP contribution in [0.1, 0.15) is 35.1 Å². The summed E-state index contributed by atoms with van der Waals surface area (Å²) < 4.78 is 0. The van der Waals surface area contributed by atoms with E-state index in [2.05, 4.69) is 44.7 Å². The first kappa shape index (κ1) is 17.4. The van der Waals surface area contributed by atoms with Gasteiger partial charge in [-0.2, -0.15) is 0 Å². The van der Waals surface area contributed by atoms with E-state index in [9.17, 15) is 5.11 Å². The van der Waals surface area contributed by atoms with Crippen LogP contribution in [0.2, 0.25) is 0 Å². The van der Waals surface area contributed by atoms with Crippen LogP contribution in [-0.2, 0) is 0 Å². The van der Waals surface area contributed by atoms with Gasteiger partial charge in [0.2, 0.25) is 0 Å². The maximum atomic E-state index is 9.92. The van der Waals surface area contributed by atoms with Crippen molar-refractivity contribution >= 4 is 11.4 Å². The molecule has 0 aromatic heterocycles. The number of unbranched alkanes of at least 4 members (excludes halogenated alkanes) is 1. The van der Waals surface area contributed by atoms with Crippen LogP contribution in [0.5, 0.6) is 5.75 Å². The number of anilines is 2. The van der Waals surface area contributed by atoms with Gasteiger partial charge in [0.15, 0.2) is 0 Å². The fourth-order valence-electron chi connectivity index (χ4n) is 3.22. The molecule has 0 aliphatic carbocycles. The predicted octanol–water partition coefficient (Wildman–Crippen LogP) is 4.54. The molecule has 0 heterocycles. The summed E-state index contributed by atoms with van der Waals surface area (Å²) in [6, 6.07) is 9.88. The topological polar surface area (TPSA) is 43.7 Å². The van der Waals surface area contributed by atoms with Gasteiger partial charge in [-0.1, -0.05) is 23.8 Å². The first-order valence-electron chi connectivity index (χ1n) is 8.20. The average molecular weight is 313 g/mol. The Morgan fingerprint density at radius 1 is 0.870 bits per heavy atom. The van der Waals surface area contributed by atoms with Gasteiger partial charge in [0.25, 0.3) is 0 Å². The Morgan fingerprint density at radius 2 is 1.52 bits per heavy atom. The summed E-state index contributed by atoms with van der Waals surface area (Å²) in [6.07, 6.45) is 1.68. The lowest BCUT2D eigenvalue weighted by molar-refractivity contribution is 0.285. The largest absolute Gasteiger partial charge is 0.508 e. The van der Waals surface area contributed by atoms with Gasteiger partial charge < -0.3 is 15.1 Å². The van der Waals surface area contributed by atoms with E-state index >= 15 is 0 Å². The number of aryl methyl sites for hydroxylation is 4. The number of aliphatic hydroxyl groups is 1. The zero-order valence-corrected chi connectivity index (χ0v) is 14.6. The van der Waals surface area contributed by atoms with Gasteiger partial charge in [0.05, 0.1) is 0 Å². The molecule has 0 saturated carbocycles. The molecule has 0 aliphatic rings. The summed E-state index contributed by atoms with van der Waals surface area (Å²) in [5.74, 6) is 0.278. The fourth-order valence-corrected chi connectivity index (χ4v) is 3.22. The smallest absolute Gasteiger partial charge is 0.117 e. The van der Waals surface area contributed by atoms with Crippen molar-refractivity contribution in [1.29, 1.82) is 0 Å². The van der Waals surface area contributed by atoms with Crippen LogP contribution in [0.4, 0.5) is 11.4 Å². The van der Waals surface area contributed by atoms with Crippen molar-refractivity contribution in [3.63, 3.8) is 0 Å². The lowest BCUT2D eigenvalue weighted by atomic mass is 10.0. The number of aliphatic hydroxyl groups excluding tert-OH is 1. The number of benzene rings is 2. The van der Waals surface area contributed by atoms with E-state index in [1.54, 1.807) is 6.07 Å². The molecule has 3 heteroatoms. The zero-order chi connectivity index (χ0) is 17.0. The Kier molecular flexibility index (Phi) is 5.67. The van der Waals surface area contributed by atoms with E-state index < -0.39 is 0 Å². The third-order valence-corrected chi connectivity index (χ3v) is 4.18. The minimum absolute atomic E-state index is 0.207. The maximum Gasteiger partial charge on any atom is 0.117 e. The standard InChI is InChI=1S/C20H27NO2/c1-14-11-16(3)20(17(4)12-14)21(9-5-6-10-22)19-13-18(23)8-7-15(19)2/h7-8,11-13,22-23H,5-6,9-10H2,1-4H3. The molecule has 2 aromatic rings. The van der Waals surface area contributed by atoms with Gasteiger partial charge in [0.1, 0.15) is 5.75 Å². The summed E-state index contributed by atoms with van der Waals surface area (Å²) in [5.41, 5.74) is 7.07. The summed E-state index contributed by atoms with van der Waals surface area (Å²) in [6.45, 7) is 9.46. The second-order valence-corrected chi connectivity index (χ2v) is 6.30. The highest BCUT2D eigenvalue weighted by atomic mass is 16.3. The molecule has 3 nitrogen and oxygen atoms in total. The number of nitrogens with zero attached hydrogens (tertiary/aromatic N) is 1. The molecule has 0 radical (unpaired) electrons. The minimum atomic E-state index is 0.207. The number of aromatic hydroxyl groups is 1. The van der Waals surface area contributed by atoms with Gasteiger partial charge in [-0.15, -0.1) is 0 Å². The third-order valence-electron chi connectivity index (χ3n) is 4.18. The highest BCUT2D eigenvalue weighted by Crippen LogP contribution is 2.36. The molecule has 0 atom stereocenters. The summed E-state index contributed by atoms with van der Waals surface area (Å²) in [5, 5.41) is 19.0. The van der Waals surface area contributed by atoms with Gasteiger partial charge in [-0.25, -0.2) is 0 Å². The van der Waals surface area contributed by atoms with Crippen LogP contribution in [-0.4, -0.2) is 23.4 Å². The molecule has 2 N–H and O–H groups in total. The highest BCUT2D eigenvalue weighted by molar-refractivity contribution is 5.73. The predicted molar refractivity (Wildman–Crippen MR) is 96.8 cm³/mol. The molecule has 2 rings (SSSR count). The molecule has 2 aromatic carbocycles. The Hall–Kier alpha value is -2.00. The van der Waals surface area contributed by atoms with Crippen molar-refractivity contribution in [3.8, 4) is 5.75 Å². The average Bonchev–Trinajstić information content (AvgIpc) is 2.47. The van der Waals surface area contributed by atoms with Crippen molar-refractivity contribution in [1.82, 2.24) is 0 Å². The molecular formula is C20H27NO2. The van der Waals surface area contributed by atoms with Crippen molar-refractivity contribution in [3.05, 3.63) is 52.6 Å². The summed E-state index contributed by atoms with van der Waals surface area (Å²) in [7, 11) is 0. The zero-order valence-electron chi connectivity index (χ0n) is 14.6.